The minimum Gasteiger partial charge on any atom is -0.356 e. The second-order valence-electron chi connectivity index (χ2n) is 3.73. The number of halogens is 1. The fraction of sp³-hybridized carbons (Fsp3) is 0.200. The molecule has 0 aliphatic rings. The Labute approximate surface area is 116 Å². The Bertz CT molecular complexity index is 579. The first kappa shape index (κ1) is 13.3. The van der Waals surface area contributed by atoms with Gasteiger partial charge in [0.05, 0.1) is 0 Å². The first-order valence-corrected chi connectivity index (χ1v) is 6.15. The van der Waals surface area contributed by atoms with Crippen LogP contribution in [0.25, 0.3) is 0 Å². The number of hydrogen-bond donors (Lipinski definition) is 3. The molecular formula is C10H11BrN6O2. The molecule has 2 amide bonds. The molecule has 2 aromatic rings. The monoisotopic (exact) mass is 326 g/mol. The van der Waals surface area contributed by atoms with Gasteiger partial charge < -0.3 is 4.98 Å². The van der Waals surface area contributed by atoms with E-state index in [9.17, 15) is 9.59 Å². The summed E-state index contributed by atoms with van der Waals surface area (Å²) in [6.07, 6.45) is 4.38. The molecule has 19 heavy (non-hydrogen) atoms. The van der Waals surface area contributed by atoms with Gasteiger partial charge in [-0.15, -0.1) is 0 Å². The van der Waals surface area contributed by atoms with Gasteiger partial charge in [-0.05, 0) is 28.9 Å². The maximum atomic E-state index is 11.7. The minimum absolute atomic E-state index is 0.334. The average molecular weight is 327 g/mol. The molecule has 0 aliphatic carbocycles. The predicted molar refractivity (Wildman–Crippen MR) is 68.8 cm³/mol. The Balaban J connectivity index is 1.88. The highest BCUT2D eigenvalue weighted by atomic mass is 79.9. The molecule has 0 aromatic carbocycles. The zero-order valence-electron chi connectivity index (χ0n) is 9.92. The van der Waals surface area contributed by atoms with Crippen molar-refractivity contribution in [3.63, 3.8) is 0 Å². The van der Waals surface area contributed by atoms with E-state index in [0.29, 0.717) is 5.69 Å². The van der Waals surface area contributed by atoms with Gasteiger partial charge in [-0.25, -0.2) is 9.67 Å². The molecule has 9 heteroatoms. The van der Waals surface area contributed by atoms with E-state index >= 15 is 0 Å². The largest absolute Gasteiger partial charge is 0.356 e. The summed E-state index contributed by atoms with van der Waals surface area (Å²) in [4.78, 5) is 29.9. The molecule has 0 radical (unpaired) electrons. The lowest BCUT2D eigenvalue weighted by atomic mass is 10.3. The van der Waals surface area contributed by atoms with Crippen LogP contribution in [0.2, 0.25) is 0 Å². The van der Waals surface area contributed by atoms with Gasteiger partial charge in [0.15, 0.2) is 0 Å². The number of hydrazine groups is 1. The summed E-state index contributed by atoms with van der Waals surface area (Å²) in [6.45, 7) is 1.64. The van der Waals surface area contributed by atoms with Gasteiger partial charge in [-0.3, -0.25) is 20.4 Å². The highest BCUT2D eigenvalue weighted by molar-refractivity contribution is 9.10. The standard InChI is InChI=1S/C10H11BrN6O2/c1-6(17-5-12-4-14-17)9(18)15-16-10(19)8-2-7(11)3-13-8/h2-6,13H,1H3,(H,15,18)(H,16,19)/t6-/m1/s1. The number of nitrogens with zero attached hydrogens (tertiary/aromatic N) is 3. The lowest BCUT2D eigenvalue weighted by molar-refractivity contribution is -0.124. The van der Waals surface area contributed by atoms with E-state index in [2.05, 4.69) is 41.8 Å². The fourth-order valence-corrected chi connectivity index (χ4v) is 1.67. The molecule has 0 fully saturated rings. The summed E-state index contributed by atoms with van der Waals surface area (Å²) in [5, 5.41) is 3.85. The van der Waals surface area contributed by atoms with Crippen molar-refractivity contribution in [3.05, 3.63) is 35.1 Å². The summed E-state index contributed by atoms with van der Waals surface area (Å²) in [5.74, 6) is -0.839. The van der Waals surface area contributed by atoms with E-state index in [4.69, 9.17) is 0 Å². The normalized spacial score (nSPS) is 11.9. The van der Waals surface area contributed by atoms with E-state index in [1.165, 1.54) is 17.3 Å². The van der Waals surface area contributed by atoms with Crippen LogP contribution in [-0.4, -0.2) is 31.6 Å². The molecule has 0 unspecified atom stereocenters. The van der Waals surface area contributed by atoms with Crippen molar-refractivity contribution in [2.75, 3.05) is 0 Å². The highest BCUT2D eigenvalue weighted by Crippen LogP contribution is 2.10. The number of carbonyl (C=O) groups is 2. The minimum atomic E-state index is -0.571. The molecule has 0 aliphatic heterocycles. The Hall–Kier alpha value is -2.16. The summed E-state index contributed by atoms with van der Waals surface area (Å²) in [5.41, 5.74) is 4.95. The van der Waals surface area contributed by atoms with Crippen LogP contribution in [0.15, 0.2) is 29.4 Å². The second kappa shape index (κ2) is 5.65. The highest BCUT2D eigenvalue weighted by Gasteiger charge is 2.16. The number of carbonyl (C=O) groups excluding carboxylic acids is 2. The number of aromatic nitrogens is 4. The molecule has 2 aromatic heterocycles. The molecule has 0 saturated heterocycles. The van der Waals surface area contributed by atoms with Gasteiger partial charge in [0.25, 0.3) is 11.8 Å². The quantitative estimate of drug-likeness (QED) is 0.709. The first-order valence-electron chi connectivity index (χ1n) is 5.36. The molecule has 2 rings (SSSR count). The lowest BCUT2D eigenvalue weighted by Crippen LogP contribution is -2.44. The van der Waals surface area contributed by atoms with Gasteiger partial charge in [-0.2, -0.15) is 5.10 Å². The van der Waals surface area contributed by atoms with Crippen molar-refractivity contribution in [1.29, 1.82) is 0 Å². The van der Waals surface area contributed by atoms with Crippen LogP contribution in [0, 0.1) is 0 Å². The lowest BCUT2D eigenvalue weighted by Gasteiger charge is -2.12. The summed E-state index contributed by atoms with van der Waals surface area (Å²) < 4.78 is 2.13. The van der Waals surface area contributed by atoms with E-state index < -0.39 is 17.9 Å². The van der Waals surface area contributed by atoms with Crippen molar-refractivity contribution in [1.82, 2.24) is 30.6 Å². The second-order valence-corrected chi connectivity index (χ2v) is 4.64. The van der Waals surface area contributed by atoms with Crippen LogP contribution in [0.3, 0.4) is 0 Å². The van der Waals surface area contributed by atoms with Gasteiger partial charge in [-0.1, -0.05) is 0 Å². The number of hydrogen-bond acceptors (Lipinski definition) is 4. The molecule has 0 spiro atoms. The van der Waals surface area contributed by atoms with E-state index in [0.717, 1.165) is 4.47 Å². The Morgan fingerprint density at radius 1 is 1.47 bits per heavy atom. The third kappa shape index (κ3) is 3.19. The molecule has 100 valence electrons. The van der Waals surface area contributed by atoms with Crippen LogP contribution in [-0.2, 0) is 4.79 Å². The molecular weight excluding hydrogens is 316 g/mol. The third-order valence-electron chi connectivity index (χ3n) is 2.40. The average Bonchev–Trinajstić information content (AvgIpc) is 3.05. The zero-order chi connectivity index (χ0) is 13.8. The van der Waals surface area contributed by atoms with Gasteiger partial charge in [0, 0.05) is 10.7 Å². The van der Waals surface area contributed by atoms with Crippen LogP contribution in [0.1, 0.15) is 23.5 Å². The topological polar surface area (TPSA) is 105 Å². The van der Waals surface area contributed by atoms with Crippen molar-refractivity contribution in [2.24, 2.45) is 0 Å². The number of H-pyrrole nitrogens is 1. The maximum absolute atomic E-state index is 11.7. The molecule has 3 N–H and O–H groups in total. The zero-order valence-corrected chi connectivity index (χ0v) is 11.5. The van der Waals surface area contributed by atoms with Gasteiger partial charge in [0.2, 0.25) is 0 Å². The van der Waals surface area contributed by atoms with Crippen LogP contribution in [0.4, 0.5) is 0 Å². The van der Waals surface area contributed by atoms with E-state index in [1.807, 2.05) is 0 Å². The van der Waals surface area contributed by atoms with Crippen molar-refractivity contribution in [3.8, 4) is 0 Å². The van der Waals surface area contributed by atoms with E-state index in [-0.39, 0.29) is 0 Å². The number of amides is 2. The molecule has 0 saturated carbocycles. The molecule has 8 nitrogen and oxygen atoms in total. The fourth-order valence-electron chi connectivity index (χ4n) is 1.33. The SMILES string of the molecule is C[C@H](C(=O)NNC(=O)c1cc(Br)c[nH]1)n1cncn1. The molecule has 1 atom stereocenters. The summed E-state index contributed by atoms with van der Waals surface area (Å²) in [7, 11) is 0. The summed E-state index contributed by atoms with van der Waals surface area (Å²) in [6, 6.07) is 1.03. The van der Waals surface area contributed by atoms with Crippen molar-refractivity contribution < 1.29 is 9.59 Å². The molecule has 2 heterocycles. The third-order valence-corrected chi connectivity index (χ3v) is 2.86. The van der Waals surface area contributed by atoms with Gasteiger partial charge >= 0.3 is 0 Å². The maximum Gasteiger partial charge on any atom is 0.286 e. The Morgan fingerprint density at radius 3 is 2.84 bits per heavy atom. The summed E-state index contributed by atoms with van der Waals surface area (Å²) >= 11 is 3.21. The van der Waals surface area contributed by atoms with E-state index in [1.54, 1.807) is 19.2 Å². The predicted octanol–water partition coefficient (Wildman–Crippen LogP) is 0.391. The Morgan fingerprint density at radius 2 is 2.26 bits per heavy atom. The number of aromatic amines is 1. The smallest absolute Gasteiger partial charge is 0.286 e. The molecule has 0 bridgehead atoms. The van der Waals surface area contributed by atoms with Crippen LogP contribution in [0.5, 0.6) is 0 Å². The van der Waals surface area contributed by atoms with Crippen molar-refractivity contribution >= 4 is 27.7 Å². The number of rotatable bonds is 3. The van der Waals surface area contributed by atoms with Crippen LogP contribution >= 0.6 is 15.9 Å². The van der Waals surface area contributed by atoms with Crippen LogP contribution < -0.4 is 10.9 Å². The van der Waals surface area contributed by atoms with Gasteiger partial charge in [0.1, 0.15) is 24.4 Å². The number of nitrogens with one attached hydrogen (secondary N) is 3. The Kier molecular flexibility index (Phi) is 3.95. The first-order chi connectivity index (χ1) is 9.08. The van der Waals surface area contributed by atoms with Crippen molar-refractivity contribution in [2.45, 2.75) is 13.0 Å².